The fourth-order valence-corrected chi connectivity index (χ4v) is 2.96. The summed E-state index contributed by atoms with van der Waals surface area (Å²) in [5, 5.41) is 3.13. The summed E-state index contributed by atoms with van der Waals surface area (Å²) in [7, 11) is 0. The molecule has 2 rings (SSSR count). The van der Waals surface area contributed by atoms with Crippen LogP contribution in [0.2, 0.25) is 0 Å². The number of ketones is 1. The van der Waals surface area contributed by atoms with E-state index in [2.05, 4.69) is 21.2 Å². The number of hydrogen-bond acceptors (Lipinski definition) is 7. The largest absolute Gasteiger partial charge is 0.444 e. The Kier molecular flexibility index (Phi) is 8.32. The minimum Gasteiger partial charge on any atom is -0.444 e. The van der Waals surface area contributed by atoms with Crippen molar-refractivity contribution in [2.24, 2.45) is 0 Å². The number of amides is 3. The molecule has 0 bridgehead atoms. The Bertz CT molecular complexity index is 845. The van der Waals surface area contributed by atoms with E-state index in [1.165, 1.54) is 0 Å². The molecule has 0 aliphatic carbocycles. The highest BCUT2D eigenvalue weighted by Crippen LogP contribution is 2.15. The first-order chi connectivity index (χ1) is 14.5. The summed E-state index contributed by atoms with van der Waals surface area (Å²) >= 11 is 3.12. The highest BCUT2D eigenvalue weighted by Gasteiger charge is 2.35. The van der Waals surface area contributed by atoms with Gasteiger partial charge in [0.1, 0.15) is 17.4 Å². The van der Waals surface area contributed by atoms with Crippen LogP contribution < -0.4 is 5.32 Å². The van der Waals surface area contributed by atoms with Crippen LogP contribution in [0.4, 0.5) is 4.79 Å². The van der Waals surface area contributed by atoms with Crippen molar-refractivity contribution in [3.05, 3.63) is 35.4 Å². The van der Waals surface area contributed by atoms with Gasteiger partial charge in [0.2, 0.25) is 0 Å². The molecule has 1 aromatic carbocycles. The topological polar surface area (TPSA) is 119 Å². The number of carbonyl (C=O) groups is 5. The van der Waals surface area contributed by atoms with Crippen LogP contribution in [0.3, 0.4) is 0 Å². The molecule has 1 saturated heterocycles. The molecule has 1 fully saturated rings. The molecular formula is C21H25BrN2O7. The molecule has 31 heavy (non-hydrogen) atoms. The smallest absolute Gasteiger partial charge is 0.408 e. The number of imide groups is 1. The molecule has 1 aliphatic heterocycles. The van der Waals surface area contributed by atoms with Crippen LogP contribution in [0.15, 0.2) is 24.3 Å². The van der Waals surface area contributed by atoms with Gasteiger partial charge in [-0.25, -0.2) is 9.59 Å². The standard InChI is InChI=1S/C21H25BrN2O7/c1-21(2,3)30-20(29)23-16(19(28)31-24-17(26)8-9-18(24)27)11-14-6-4-13(5-7-14)10-15(25)12-22/h4-7,16H,8-12H2,1-3H3,(H,23,29). The molecule has 1 aromatic rings. The Hall–Kier alpha value is -2.75. The predicted octanol–water partition coefficient (Wildman–Crippen LogP) is 2.24. The van der Waals surface area contributed by atoms with Gasteiger partial charge in [-0.15, -0.1) is 5.06 Å². The first kappa shape index (κ1) is 24.5. The molecule has 9 nitrogen and oxygen atoms in total. The lowest BCUT2D eigenvalue weighted by Crippen LogP contribution is -2.48. The van der Waals surface area contributed by atoms with Gasteiger partial charge in [-0.3, -0.25) is 14.4 Å². The molecule has 10 heteroatoms. The normalized spacial score (nSPS) is 14.9. The molecule has 3 amide bonds. The van der Waals surface area contributed by atoms with Gasteiger partial charge in [0, 0.05) is 25.7 Å². The second-order valence-corrected chi connectivity index (χ2v) is 8.62. The molecule has 1 N–H and O–H groups in total. The molecule has 1 atom stereocenters. The minimum atomic E-state index is -1.20. The summed E-state index contributed by atoms with van der Waals surface area (Å²) in [5.74, 6) is -2.17. The van der Waals surface area contributed by atoms with E-state index in [1.54, 1.807) is 45.0 Å². The molecule has 0 radical (unpaired) electrons. The number of hydroxylamine groups is 2. The lowest BCUT2D eigenvalue weighted by atomic mass is 10.0. The average Bonchev–Trinajstić information content (AvgIpc) is 2.99. The molecule has 1 heterocycles. The third-order valence-electron chi connectivity index (χ3n) is 4.18. The Labute approximate surface area is 188 Å². The summed E-state index contributed by atoms with van der Waals surface area (Å²) in [6, 6.07) is 5.74. The molecule has 0 spiro atoms. The van der Waals surface area contributed by atoms with Crippen molar-refractivity contribution in [3.63, 3.8) is 0 Å². The van der Waals surface area contributed by atoms with Crippen molar-refractivity contribution in [2.75, 3.05) is 5.33 Å². The first-order valence-electron chi connectivity index (χ1n) is 9.71. The second-order valence-electron chi connectivity index (χ2n) is 8.06. The first-order valence-corrected chi connectivity index (χ1v) is 10.8. The number of halogens is 1. The fourth-order valence-electron chi connectivity index (χ4n) is 2.76. The number of nitrogens with one attached hydrogen (secondary N) is 1. The van der Waals surface area contributed by atoms with E-state index >= 15 is 0 Å². The van der Waals surface area contributed by atoms with E-state index in [-0.39, 0.29) is 36.8 Å². The van der Waals surface area contributed by atoms with Gasteiger partial charge in [-0.05, 0) is 31.9 Å². The minimum absolute atomic E-state index is 0.0285. The third-order valence-corrected chi connectivity index (χ3v) is 4.80. The number of alkyl carbamates (subject to hydrolysis) is 1. The van der Waals surface area contributed by atoms with Crippen molar-refractivity contribution in [2.45, 2.75) is 58.1 Å². The summed E-state index contributed by atoms with van der Waals surface area (Å²) in [6.45, 7) is 5.03. The van der Waals surface area contributed by atoms with Crippen LogP contribution in [0.25, 0.3) is 0 Å². The van der Waals surface area contributed by atoms with Gasteiger partial charge < -0.3 is 14.9 Å². The number of benzene rings is 1. The maximum atomic E-state index is 12.7. The van der Waals surface area contributed by atoms with Crippen molar-refractivity contribution in [3.8, 4) is 0 Å². The van der Waals surface area contributed by atoms with Crippen molar-refractivity contribution < 1.29 is 33.5 Å². The zero-order valence-corrected chi connectivity index (χ0v) is 19.2. The number of carbonyl (C=O) groups excluding carboxylic acids is 5. The number of Topliss-reactive ketones (excluding diaryl/α,β-unsaturated/α-hetero) is 1. The van der Waals surface area contributed by atoms with Crippen molar-refractivity contribution in [1.29, 1.82) is 0 Å². The number of ether oxygens (including phenoxy) is 1. The highest BCUT2D eigenvalue weighted by atomic mass is 79.9. The lowest BCUT2D eigenvalue weighted by molar-refractivity contribution is -0.198. The molecular weight excluding hydrogens is 472 g/mol. The Morgan fingerprint density at radius 2 is 1.61 bits per heavy atom. The summed E-state index contributed by atoms with van der Waals surface area (Å²) < 4.78 is 5.20. The Morgan fingerprint density at radius 1 is 1.06 bits per heavy atom. The van der Waals surface area contributed by atoms with Gasteiger partial charge in [0.25, 0.3) is 11.8 Å². The quantitative estimate of drug-likeness (QED) is 0.432. The summed E-state index contributed by atoms with van der Waals surface area (Å²) in [5.41, 5.74) is 0.691. The van der Waals surface area contributed by atoms with E-state index < -0.39 is 35.5 Å². The molecule has 1 unspecified atom stereocenters. The van der Waals surface area contributed by atoms with Crippen LogP contribution >= 0.6 is 15.9 Å². The fraction of sp³-hybridized carbons (Fsp3) is 0.476. The SMILES string of the molecule is CC(C)(C)OC(=O)NC(Cc1ccc(CC(=O)CBr)cc1)C(=O)ON1C(=O)CCC1=O. The maximum Gasteiger partial charge on any atom is 0.408 e. The second kappa shape index (κ2) is 10.5. The van der Waals surface area contributed by atoms with Crippen LogP contribution in [0.1, 0.15) is 44.7 Å². The number of alkyl halides is 1. The third kappa shape index (κ3) is 7.78. The zero-order valence-electron chi connectivity index (χ0n) is 17.6. The van der Waals surface area contributed by atoms with Crippen LogP contribution in [0.5, 0.6) is 0 Å². The Balaban J connectivity index is 2.13. The monoisotopic (exact) mass is 496 g/mol. The summed E-state index contributed by atoms with van der Waals surface area (Å²) in [6.07, 6.45) is -0.615. The van der Waals surface area contributed by atoms with Crippen LogP contribution in [-0.4, -0.2) is 51.7 Å². The van der Waals surface area contributed by atoms with Gasteiger partial charge in [-0.1, -0.05) is 40.2 Å². The highest BCUT2D eigenvalue weighted by molar-refractivity contribution is 9.09. The van der Waals surface area contributed by atoms with Gasteiger partial charge in [0.15, 0.2) is 0 Å². The number of nitrogens with zero attached hydrogens (tertiary/aromatic N) is 1. The van der Waals surface area contributed by atoms with Crippen LogP contribution in [-0.2, 0) is 41.6 Å². The zero-order chi connectivity index (χ0) is 23.2. The molecule has 1 aliphatic rings. The van der Waals surface area contributed by atoms with Crippen molar-refractivity contribution in [1.82, 2.24) is 10.4 Å². The number of hydrogen-bond donors (Lipinski definition) is 1. The van der Waals surface area contributed by atoms with E-state index in [0.717, 1.165) is 5.56 Å². The average molecular weight is 497 g/mol. The van der Waals surface area contributed by atoms with Crippen LogP contribution in [0, 0.1) is 0 Å². The lowest BCUT2D eigenvalue weighted by Gasteiger charge is -2.24. The predicted molar refractivity (Wildman–Crippen MR) is 113 cm³/mol. The van der Waals surface area contributed by atoms with E-state index in [4.69, 9.17) is 9.57 Å². The van der Waals surface area contributed by atoms with E-state index in [9.17, 15) is 24.0 Å². The molecule has 168 valence electrons. The Morgan fingerprint density at radius 3 is 2.13 bits per heavy atom. The van der Waals surface area contributed by atoms with Gasteiger partial charge in [-0.2, -0.15) is 0 Å². The molecule has 0 aromatic heterocycles. The molecule has 0 saturated carbocycles. The number of rotatable bonds is 8. The summed E-state index contributed by atoms with van der Waals surface area (Å²) in [4.78, 5) is 64.9. The van der Waals surface area contributed by atoms with E-state index in [0.29, 0.717) is 10.6 Å². The van der Waals surface area contributed by atoms with Crippen molar-refractivity contribution >= 4 is 45.6 Å². The van der Waals surface area contributed by atoms with E-state index in [1.807, 2.05) is 0 Å². The maximum absolute atomic E-state index is 12.7. The van der Waals surface area contributed by atoms with Gasteiger partial charge in [0.05, 0.1) is 5.33 Å². The van der Waals surface area contributed by atoms with Gasteiger partial charge >= 0.3 is 12.1 Å².